The van der Waals surface area contributed by atoms with Gasteiger partial charge in [-0.2, -0.15) is 0 Å². The minimum absolute atomic E-state index is 0.308. The van der Waals surface area contributed by atoms with Crippen LogP contribution in [0.1, 0.15) is 10.4 Å². The van der Waals surface area contributed by atoms with Gasteiger partial charge in [-0.25, -0.2) is 14.4 Å². The van der Waals surface area contributed by atoms with Crippen molar-refractivity contribution in [3.05, 3.63) is 96.6 Å². The highest BCUT2D eigenvalue weighted by atomic mass is 19.1. The zero-order valence-corrected chi connectivity index (χ0v) is 16.6. The highest BCUT2D eigenvalue weighted by Gasteiger charge is 2.10. The van der Waals surface area contributed by atoms with E-state index in [0.717, 1.165) is 11.3 Å². The molecule has 3 aromatic carbocycles. The molecule has 154 valence electrons. The molecule has 0 bridgehead atoms. The lowest BCUT2D eigenvalue weighted by molar-refractivity contribution is 0.102. The number of halogens is 1. The van der Waals surface area contributed by atoms with E-state index >= 15 is 0 Å². The van der Waals surface area contributed by atoms with Crippen LogP contribution in [0.4, 0.5) is 10.1 Å². The first-order valence-corrected chi connectivity index (χ1v) is 9.42. The van der Waals surface area contributed by atoms with Gasteiger partial charge in [-0.15, -0.1) is 0 Å². The molecule has 0 saturated carbocycles. The van der Waals surface area contributed by atoms with E-state index in [9.17, 15) is 9.18 Å². The van der Waals surface area contributed by atoms with Crippen LogP contribution in [-0.2, 0) is 0 Å². The molecule has 31 heavy (non-hydrogen) atoms. The van der Waals surface area contributed by atoms with Gasteiger partial charge in [0, 0.05) is 22.9 Å². The third kappa shape index (κ3) is 5.02. The van der Waals surface area contributed by atoms with Crippen molar-refractivity contribution >= 4 is 11.6 Å². The standard InChI is InChI=1S/C24H18FN3O3/c1-30-20-9-11-21(12-10-20)31-23-14-22(26-15-27-23)16-3-2-4-17(13-16)24(29)28-19-7-5-18(25)6-8-19/h2-15H,1H3,(H,28,29). The number of ether oxygens (including phenoxy) is 2. The van der Waals surface area contributed by atoms with Crippen molar-refractivity contribution in [1.82, 2.24) is 9.97 Å². The minimum atomic E-state index is -0.364. The SMILES string of the molecule is COc1ccc(Oc2cc(-c3cccc(C(=O)Nc4ccc(F)cc4)c3)ncn2)cc1. The van der Waals surface area contributed by atoms with Gasteiger partial charge in [0.25, 0.3) is 5.91 Å². The smallest absolute Gasteiger partial charge is 0.255 e. The predicted octanol–water partition coefficient (Wildman–Crippen LogP) is 5.34. The number of benzene rings is 3. The second kappa shape index (κ2) is 9.04. The van der Waals surface area contributed by atoms with Gasteiger partial charge in [0.05, 0.1) is 12.8 Å². The molecule has 1 aromatic heterocycles. The van der Waals surface area contributed by atoms with Crippen molar-refractivity contribution in [2.24, 2.45) is 0 Å². The van der Waals surface area contributed by atoms with Gasteiger partial charge in [-0.05, 0) is 60.7 Å². The van der Waals surface area contributed by atoms with E-state index in [1.165, 1.54) is 30.6 Å². The molecule has 4 aromatic rings. The Labute approximate surface area is 178 Å². The first kappa shape index (κ1) is 20.0. The van der Waals surface area contributed by atoms with E-state index < -0.39 is 0 Å². The fraction of sp³-hybridized carbons (Fsp3) is 0.0417. The monoisotopic (exact) mass is 415 g/mol. The summed E-state index contributed by atoms with van der Waals surface area (Å²) in [7, 11) is 1.60. The minimum Gasteiger partial charge on any atom is -0.497 e. The second-order valence-electron chi connectivity index (χ2n) is 6.56. The fourth-order valence-electron chi connectivity index (χ4n) is 2.87. The first-order chi connectivity index (χ1) is 15.1. The van der Waals surface area contributed by atoms with Crippen molar-refractivity contribution in [2.75, 3.05) is 12.4 Å². The van der Waals surface area contributed by atoms with Crippen LogP contribution in [0.3, 0.4) is 0 Å². The number of nitrogens with one attached hydrogen (secondary N) is 1. The van der Waals surface area contributed by atoms with E-state index in [0.29, 0.717) is 28.6 Å². The maximum atomic E-state index is 13.1. The van der Waals surface area contributed by atoms with Gasteiger partial charge in [0.15, 0.2) is 0 Å². The van der Waals surface area contributed by atoms with Gasteiger partial charge in [0.1, 0.15) is 23.6 Å². The van der Waals surface area contributed by atoms with Gasteiger partial charge in [-0.3, -0.25) is 4.79 Å². The Morgan fingerprint density at radius 1 is 0.903 bits per heavy atom. The lowest BCUT2D eigenvalue weighted by Crippen LogP contribution is -2.11. The number of methoxy groups -OCH3 is 1. The zero-order valence-electron chi connectivity index (χ0n) is 16.6. The van der Waals surface area contributed by atoms with E-state index in [-0.39, 0.29) is 11.7 Å². The third-order valence-corrected chi connectivity index (χ3v) is 4.45. The molecule has 0 unspecified atom stereocenters. The number of amides is 1. The highest BCUT2D eigenvalue weighted by molar-refractivity contribution is 6.04. The van der Waals surface area contributed by atoms with Crippen LogP contribution in [0.5, 0.6) is 17.4 Å². The van der Waals surface area contributed by atoms with E-state index in [1.807, 2.05) is 6.07 Å². The molecule has 0 atom stereocenters. The summed E-state index contributed by atoms with van der Waals surface area (Å²) in [6, 6.07) is 21.4. The average molecular weight is 415 g/mol. The van der Waals surface area contributed by atoms with E-state index in [1.54, 1.807) is 55.6 Å². The van der Waals surface area contributed by atoms with Gasteiger partial charge in [0.2, 0.25) is 5.88 Å². The molecule has 6 nitrogen and oxygen atoms in total. The predicted molar refractivity (Wildman–Crippen MR) is 115 cm³/mol. The van der Waals surface area contributed by atoms with Crippen LogP contribution in [-0.4, -0.2) is 23.0 Å². The number of aromatic nitrogens is 2. The van der Waals surface area contributed by atoms with Crippen LogP contribution in [0, 0.1) is 5.82 Å². The Bertz CT molecular complexity index is 1200. The van der Waals surface area contributed by atoms with E-state index in [2.05, 4.69) is 15.3 Å². The molecule has 4 rings (SSSR count). The Balaban J connectivity index is 1.52. The Morgan fingerprint density at radius 2 is 1.65 bits per heavy atom. The summed E-state index contributed by atoms with van der Waals surface area (Å²) in [6.07, 6.45) is 1.40. The van der Waals surface area contributed by atoms with Crippen LogP contribution >= 0.6 is 0 Å². The molecule has 0 aliphatic heterocycles. The summed E-state index contributed by atoms with van der Waals surface area (Å²) in [5.41, 5.74) is 2.29. The van der Waals surface area contributed by atoms with Gasteiger partial charge in [-0.1, -0.05) is 12.1 Å². The van der Waals surface area contributed by atoms with E-state index in [4.69, 9.17) is 9.47 Å². The molecule has 1 heterocycles. The van der Waals surface area contributed by atoms with Crippen molar-refractivity contribution in [3.63, 3.8) is 0 Å². The number of carbonyl (C=O) groups is 1. The normalized spacial score (nSPS) is 10.4. The van der Waals surface area contributed by atoms with Gasteiger partial charge >= 0.3 is 0 Å². The molecule has 0 aliphatic rings. The largest absolute Gasteiger partial charge is 0.497 e. The number of hydrogen-bond donors (Lipinski definition) is 1. The van der Waals surface area contributed by atoms with Crippen LogP contribution in [0.2, 0.25) is 0 Å². The van der Waals surface area contributed by atoms with Crippen LogP contribution < -0.4 is 14.8 Å². The summed E-state index contributed by atoms with van der Waals surface area (Å²) < 4.78 is 24.0. The average Bonchev–Trinajstić information content (AvgIpc) is 2.81. The molecule has 0 spiro atoms. The van der Waals surface area contributed by atoms with Crippen LogP contribution in [0.25, 0.3) is 11.3 Å². The third-order valence-electron chi connectivity index (χ3n) is 4.45. The number of hydrogen-bond acceptors (Lipinski definition) is 5. The highest BCUT2D eigenvalue weighted by Crippen LogP contribution is 2.26. The first-order valence-electron chi connectivity index (χ1n) is 9.42. The number of anilines is 1. The molecule has 7 heteroatoms. The fourth-order valence-corrected chi connectivity index (χ4v) is 2.87. The Morgan fingerprint density at radius 3 is 2.39 bits per heavy atom. The summed E-state index contributed by atoms with van der Waals surface area (Å²) >= 11 is 0. The van der Waals surface area contributed by atoms with Gasteiger partial charge < -0.3 is 14.8 Å². The quantitative estimate of drug-likeness (QED) is 0.460. The van der Waals surface area contributed by atoms with Crippen molar-refractivity contribution in [3.8, 4) is 28.6 Å². The lowest BCUT2D eigenvalue weighted by Gasteiger charge is -2.09. The molecular weight excluding hydrogens is 397 g/mol. The molecule has 0 saturated heterocycles. The Kier molecular flexibility index (Phi) is 5.84. The number of carbonyl (C=O) groups excluding carboxylic acids is 1. The topological polar surface area (TPSA) is 73.3 Å². The second-order valence-corrected chi connectivity index (χ2v) is 6.56. The Hall–Kier alpha value is -4.26. The summed E-state index contributed by atoms with van der Waals surface area (Å²) in [4.78, 5) is 21.0. The molecule has 0 aliphatic carbocycles. The summed E-state index contributed by atoms with van der Waals surface area (Å²) in [5.74, 6) is 1.04. The maximum absolute atomic E-state index is 13.1. The summed E-state index contributed by atoms with van der Waals surface area (Å²) in [5, 5.41) is 2.74. The maximum Gasteiger partial charge on any atom is 0.255 e. The molecular formula is C24H18FN3O3. The number of rotatable bonds is 6. The molecule has 0 fully saturated rings. The summed E-state index contributed by atoms with van der Waals surface area (Å²) in [6.45, 7) is 0. The number of nitrogens with zero attached hydrogens (tertiary/aromatic N) is 2. The molecule has 1 amide bonds. The molecule has 0 radical (unpaired) electrons. The zero-order chi connectivity index (χ0) is 21.6. The van der Waals surface area contributed by atoms with Crippen molar-refractivity contribution < 1.29 is 18.7 Å². The van der Waals surface area contributed by atoms with Crippen molar-refractivity contribution in [2.45, 2.75) is 0 Å². The van der Waals surface area contributed by atoms with Crippen LogP contribution in [0.15, 0.2) is 85.2 Å². The lowest BCUT2D eigenvalue weighted by atomic mass is 10.1. The van der Waals surface area contributed by atoms with Crippen molar-refractivity contribution in [1.29, 1.82) is 0 Å². The molecule has 1 N–H and O–H groups in total.